The Balaban J connectivity index is 2.06. The average Bonchev–Trinajstić information content (AvgIpc) is 2.87. The zero-order valence-corrected chi connectivity index (χ0v) is 11.7. The number of hydrogen-bond acceptors (Lipinski definition) is 5. The number of hydrogen-bond donors (Lipinski definition) is 2. The van der Waals surface area contributed by atoms with E-state index in [1.54, 1.807) is 17.8 Å². The lowest BCUT2D eigenvalue weighted by Gasteiger charge is -2.08. The van der Waals surface area contributed by atoms with Crippen molar-refractivity contribution in [2.45, 2.75) is 26.3 Å². The summed E-state index contributed by atoms with van der Waals surface area (Å²) < 4.78 is 0. The number of carbonyl (C=O) groups excluding carboxylic acids is 1. The van der Waals surface area contributed by atoms with Crippen LogP contribution >= 0.6 is 11.3 Å². The molecule has 19 heavy (non-hydrogen) atoms. The van der Waals surface area contributed by atoms with Crippen molar-refractivity contribution in [3.05, 3.63) is 40.0 Å². The van der Waals surface area contributed by atoms with E-state index in [9.17, 15) is 4.79 Å². The number of nitrogen functional groups attached to an aromatic ring is 1. The summed E-state index contributed by atoms with van der Waals surface area (Å²) in [6.07, 6.45) is 1.62. The summed E-state index contributed by atoms with van der Waals surface area (Å²) in [4.78, 5) is 21.2. The number of carbonyl (C=O) groups is 1. The molecule has 0 fully saturated rings. The first-order valence-electron chi connectivity index (χ1n) is 6.00. The summed E-state index contributed by atoms with van der Waals surface area (Å²) >= 11 is 1.50. The van der Waals surface area contributed by atoms with Crippen molar-refractivity contribution in [2.24, 2.45) is 0 Å². The quantitative estimate of drug-likeness (QED) is 0.896. The Morgan fingerprint density at radius 2 is 2.26 bits per heavy atom. The minimum Gasteiger partial charge on any atom is -0.383 e. The van der Waals surface area contributed by atoms with Gasteiger partial charge in [0.05, 0.1) is 5.51 Å². The van der Waals surface area contributed by atoms with Crippen molar-refractivity contribution in [3.8, 4) is 0 Å². The highest BCUT2D eigenvalue weighted by Gasteiger charge is 2.17. The average molecular weight is 276 g/mol. The Morgan fingerprint density at radius 3 is 2.95 bits per heavy atom. The maximum atomic E-state index is 12.1. The van der Waals surface area contributed by atoms with Gasteiger partial charge in [0.1, 0.15) is 11.5 Å². The highest BCUT2D eigenvalue weighted by atomic mass is 32.1. The second-order valence-electron chi connectivity index (χ2n) is 4.45. The third-order valence-electron chi connectivity index (χ3n) is 2.70. The summed E-state index contributed by atoms with van der Waals surface area (Å²) in [7, 11) is 0. The van der Waals surface area contributed by atoms with E-state index in [1.165, 1.54) is 11.3 Å². The number of thiazole rings is 1. The number of amides is 1. The van der Waals surface area contributed by atoms with Crippen LogP contribution in [-0.2, 0) is 6.54 Å². The van der Waals surface area contributed by atoms with Gasteiger partial charge in [0.15, 0.2) is 0 Å². The fraction of sp³-hybridized carbons (Fsp3) is 0.308. The molecule has 0 unspecified atom stereocenters. The maximum absolute atomic E-state index is 12.1. The largest absolute Gasteiger partial charge is 0.383 e. The van der Waals surface area contributed by atoms with Crippen LogP contribution in [0.1, 0.15) is 40.7 Å². The Kier molecular flexibility index (Phi) is 4.11. The summed E-state index contributed by atoms with van der Waals surface area (Å²) in [6.45, 7) is 4.44. The number of rotatable bonds is 4. The molecule has 0 aliphatic rings. The first-order valence-corrected chi connectivity index (χ1v) is 6.88. The SMILES string of the molecule is CC(C)c1scnc1C(=O)NCc1cccnc1N. The first-order chi connectivity index (χ1) is 9.09. The lowest BCUT2D eigenvalue weighted by atomic mass is 10.1. The predicted octanol–water partition coefficient (Wildman–Crippen LogP) is 2.17. The molecule has 0 saturated heterocycles. The summed E-state index contributed by atoms with van der Waals surface area (Å²) in [5.74, 6) is 0.551. The van der Waals surface area contributed by atoms with E-state index in [0.717, 1.165) is 10.4 Å². The van der Waals surface area contributed by atoms with Crippen molar-refractivity contribution in [1.82, 2.24) is 15.3 Å². The normalized spacial score (nSPS) is 10.7. The van der Waals surface area contributed by atoms with E-state index in [4.69, 9.17) is 5.73 Å². The topological polar surface area (TPSA) is 80.9 Å². The van der Waals surface area contributed by atoms with Crippen LogP contribution < -0.4 is 11.1 Å². The van der Waals surface area contributed by atoms with Crippen LogP contribution in [0.15, 0.2) is 23.8 Å². The maximum Gasteiger partial charge on any atom is 0.271 e. The lowest BCUT2D eigenvalue weighted by molar-refractivity contribution is 0.0945. The molecule has 1 amide bonds. The number of pyridine rings is 1. The Labute approximate surface area is 115 Å². The monoisotopic (exact) mass is 276 g/mol. The fourth-order valence-electron chi connectivity index (χ4n) is 1.69. The Morgan fingerprint density at radius 1 is 1.47 bits per heavy atom. The van der Waals surface area contributed by atoms with Gasteiger partial charge < -0.3 is 11.1 Å². The minimum absolute atomic E-state index is 0.173. The fourth-order valence-corrected chi connectivity index (χ4v) is 2.50. The Bertz CT molecular complexity index is 580. The molecular formula is C13H16N4OS. The molecule has 0 bridgehead atoms. The third-order valence-corrected chi connectivity index (χ3v) is 3.83. The van der Waals surface area contributed by atoms with Gasteiger partial charge >= 0.3 is 0 Å². The molecule has 0 aliphatic heterocycles. The second kappa shape index (κ2) is 5.79. The van der Waals surface area contributed by atoms with Crippen molar-refractivity contribution in [3.63, 3.8) is 0 Å². The molecule has 0 aromatic carbocycles. The van der Waals surface area contributed by atoms with E-state index < -0.39 is 0 Å². The van der Waals surface area contributed by atoms with Gasteiger partial charge in [0, 0.05) is 23.2 Å². The van der Waals surface area contributed by atoms with E-state index in [2.05, 4.69) is 15.3 Å². The molecule has 6 heteroatoms. The summed E-state index contributed by atoms with van der Waals surface area (Å²) in [5.41, 5.74) is 8.73. The number of anilines is 1. The second-order valence-corrected chi connectivity index (χ2v) is 5.34. The summed E-state index contributed by atoms with van der Waals surface area (Å²) in [6, 6.07) is 3.63. The van der Waals surface area contributed by atoms with Gasteiger partial charge in [-0.05, 0) is 12.0 Å². The molecular weight excluding hydrogens is 260 g/mol. The summed E-state index contributed by atoms with van der Waals surface area (Å²) in [5, 5.41) is 2.82. The van der Waals surface area contributed by atoms with Crippen molar-refractivity contribution < 1.29 is 4.79 Å². The highest BCUT2D eigenvalue weighted by molar-refractivity contribution is 7.10. The molecule has 0 radical (unpaired) electrons. The van der Waals surface area contributed by atoms with Gasteiger partial charge in [-0.3, -0.25) is 4.79 Å². The molecule has 2 aromatic heterocycles. The molecule has 0 aliphatic carbocycles. The molecule has 0 atom stereocenters. The molecule has 2 rings (SSSR count). The van der Waals surface area contributed by atoms with Crippen LogP contribution in [0.5, 0.6) is 0 Å². The van der Waals surface area contributed by atoms with Crippen LogP contribution in [0.25, 0.3) is 0 Å². The molecule has 3 N–H and O–H groups in total. The zero-order chi connectivity index (χ0) is 13.8. The number of nitrogens with one attached hydrogen (secondary N) is 1. The van der Waals surface area contributed by atoms with E-state index in [1.807, 2.05) is 19.9 Å². The van der Waals surface area contributed by atoms with Crippen molar-refractivity contribution in [1.29, 1.82) is 0 Å². The standard InChI is InChI=1S/C13H16N4OS/c1-8(2)11-10(17-7-19-11)13(18)16-6-9-4-3-5-15-12(9)14/h3-5,7-8H,6H2,1-2H3,(H2,14,15)(H,16,18). The predicted molar refractivity (Wildman–Crippen MR) is 76.0 cm³/mol. The van der Waals surface area contributed by atoms with Gasteiger partial charge in [0.25, 0.3) is 5.91 Å². The van der Waals surface area contributed by atoms with Crippen LogP contribution in [0.2, 0.25) is 0 Å². The molecule has 0 spiro atoms. The number of aromatic nitrogens is 2. The molecule has 100 valence electrons. The minimum atomic E-state index is -0.173. The zero-order valence-electron chi connectivity index (χ0n) is 10.9. The molecule has 5 nitrogen and oxygen atoms in total. The van der Waals surface area contributed by atoms with Gasteiger partial charge in [-0.15, -0.1) is 11.3 Å². The van der Waals surface area contributed by atoms with Crippen molar-refractivity contribution in [2.75, 3.05) is 5.73 Å². The smallest absolute Gasteiger partial charge is 0.271 e. The van der Waals surface area contributed by atoms with E-state index in [-0.39, 0.29) is 11.8 Å². The van der Waals surface area contributed by atoms with Gasteiger partial charge in [0.2, 0.25) is 0 Å². The van der Waals surface area contributed by atoms with E-state index >= 15 is 0 Å². The lowest BCUT2D eigenvalue weighted by Crippen LogP contribution is -2.24. The number of nitrogens with zero attached hydrogens (tertiary/aromatic N) is 2. The van der Waals surface area contributed by atoms with Crippen LogP contribution in [-0.4, -0.2) is 15.9 Å². The first kappa shape index (κ1) is 13.5. The highest BCUT2D eigenvalue weighted by Crippen LogP contribution is 2.23. The van der Waals surface area contributed by atoms with Crippen LogP contribution in [0.4, 0.5) is 5.82 Å². The van der Waals surface area contributed by atoms with E-state index in [0.29, 0.717) is 18.1 Å². The number of nitrogens with two attached hydrogens (primary N) is 1. The van der Waals surface area contributed by atoms with Gasteiger partial charge in [-0.1, -0.05) is 19.9 Å². The molecule has 2 aromatic rings. The van der Waals surface area contributed by atoms with Crippen LogP contribution in [0, 0.1) is 0 Å². The molecule has 0 saturated carbocycles. The van der Waals surface area contributed by atoms with Crippen LogP contribution in [0.3, 0.4) is 0 Å². The van der Waals surface area contributed by atoms with Gasteiger partial charge in [-0.25, -0.2) is 9.97 Å². The van der Waals surface area contributed by atoms with Gasteiger partial charge in [-0.2, -0.15) is 0 Å². The molecule has 2 heterocycles. The third kappa shape index (κ3) is 3.08. The Hall–Kier alpha value is -1.95. The van der Waals surface area contributed by atoms with Crippen molar-refractivity contribution >= 4 is 23.1 Å².